The summed E-state index contributed by atoms with van der Waals surface area (Å²) in [7, 11) is -4.76. The van der Waals surface area contributed by atoms with E-state index in [1.165, 1.54) is 24.3 Å². The topological polar surface area (TPSA) is 43.6 Å². The Morgan fingerprint density at radius 3 is 2.18 bits per heavy atom. The number of para-hydroxylation sites is 1. The van der Waals surface area contributed by atoms with Crippen LogP contribution in [0.15, 0.2) is 35.5 Å². The second-order valence-electron chi connectivity index (χ2n) is 3.18. The summed E-state index contributed by atoms with van der Waals surface area (Å²) in [5.41, 5.74) is -0.0382. The van der Waals surface area contributed by atoms with Crippen molar-refractivity contribution in [1.82, 2.24) is 20.2 Å². The van der Waals surface area contributed by atoms with Crippen LogP contribution in [-0.4, -0.2) is 20.2 Å². The summed E-state index contributed by atoms with van der Waals surface area (Å²) >= 11 is 0. The summed E-state index contributed by atoms with van der Waals surface area (Å²) in [4.78, 5) is 0. The van der Waals surface area contributed by atoms with E-state index in [-0.39, 0.29) is 10.4 Å². The molecule has 94 valence electrons. The third kappa shape index (κ3) is 2.50. The summed E-state index contributed by atoms with van der Waals surface area (Å²) in [5, 5.41) is 6.57. The van der Waals surface area contributed by atoms with Crippen LogP contribution in [0.3, 0.4) is 0 Å². The van der Waals surface area contributed by atoms with Crippen molar-refractivity contribution in [3.63, 3.8) is 0 Å². The first kappa shape index (κ1) is 12.1. The molecule has 17 heavy (non-hydrogen) atoms. The van der Waals surface area contributed by atoms with Gasteiger partial charge in [-0.05, 0) is 22.6 Å². The molecule has 1 aromatic heterocycles. The number of nitrogens with zero attached hydrogens (tertiary/aromatic N) is 4. The Bertz CT molecular complexity index is 552. The minimum atomic E-state index is -8.92. The summed E-state index contributed by atoms with van der Waals surface area (Å²) in [6.07, 6.45) is 0. The average Bonchev–Trinajstić information content (AvgIpc) is 2.65. The number of benzene rings is 1. The van der Waals surface area contributed by atoms with Crippen LogP contribution in [0, 0.1) is 0 Å². The normalized spacial score (nSPS) is 16.3. The Balaban J connectivity index is 2.67. The van der Waals surface area contributed by atoms with Gasteiger partial charge in [0.15, 0.2) is 0 Å². The SMILES string of the molecule is FS(F)(F)(F)(Cl)c1nnnn1-c1ccccc1. The van der Waals surface area contributed by atoms with Crippen LogP contribution in [0.5, 0.6) is 0 Å². The minimum absolute atomic E-state index is 0.0382. The molecule has 2 aromatic rings. The van der Waals surface area contributed by atoms with E-state index < -0.39 is 14.2 Å². The van der Waals surface area contributed by atoms with Crippen molar-refractivity contribution in [3.05, 3.63) is 30.3 Å². The van der Waals surface area contributed by atoms with E-state index in [9.17, 15) is 15.5 Å². The van der Waals surface area contributed by atoms with E-state index in [1.807, 2.05) is 0 Å². The zero-order chi connectivity index (χ0) is 12.8. The molecule has 1 aromatic carbocycles. The minimum Gasteiger partial charge on any atom is -0.181 e. The molecule has 2 rings (SSSR count). The number of halogens is 5. The first-order valence-corrected chi connectivity index (χ1v) is 7.03. The van der Waals surface area contributed by atoms with Crippen molar-refractivity contribution in [1.29, 1.82) is 0 Å². The van der Waals surface area contributed by atoms with Crippen molar-refractivity contribution in [2.45, 2.75) is 5.16 Å². The smallest absolute Gasteiger partial charge is 0.181 e. The van der Waals surface area contributed by atoms with Crippen LogP contribution in [0.1, 0.15) is 0 Å². The lowest BCUT2D eigenvalue weighted by atomic mass is 10.3. The highest BCUT2D eigenvalue weighted by atomic mass is 35.7. The van der Waals surface area contributed by atoms with Crippen molar-refractivity contribution in [2.24, 2.45) is 0 Å². The molecule has 0 radical (unpaired) electrons. The van der Waals surface area contributed by atoms with Gasteiger partial charge in [0.1, 0.15) is 0 Å². The summed E-state index contributed by atoms with van der Waals surface area (Å²) in [5.74, 6) is 0. The lowest BCUT2D eigenvalue weighted by Gasteiger charge is -2.39. The van der Waals surface area contributed by atoms with Crippen LogP contribution in [0.2, 0.25) is 0 Å². The first-order chi connectivity index (χ1) is 7.58. The van der Waals surface area contributed by atoms with E-state index in [1.54, 1.807) is 6.07 Å². The fourth-order valence-corrected chi connectivity index (χ4v) is 2.10. The highest BCUT2D eigenvalue weighted by molar-refractivity contribution is 8.65. The van der Waals surface area contributed by atoms with Gasteiger partial charge in [0.05, 0.1) is 5.69 Å². The predicted molar refractivity (Wildman–Crippen MR) is 55.3 cm³/mol. The summed E-state index contributed by atoms with van der Waals surface area (Å²) < 4.78 is 52.2. The zero-order valence-corrected chi connectivity index (χ0v) is 9.55. The lowest BCUT2D eigenvalue weighted by Crippen LogP contribution is -2.13. The van der Waals surface area contributed by atoms with E-state index in [2.05, 4.69) is 26.2 Å². The maximum Gasteiger partial charge on any atom is 0.296 e. The second-order valence-corrected chi connectivity index (χ2v) is 7.34. The van der Waals surface area contributed by atoms with Crippen LogP contribution >= 0.6 is 19.7 Å². The zero-order valence-electron chi connectivity index (χ0n) is 7.97. The molecule has 0 amide bonds. The molecule has 0 N–H and O–H groups in total. The number of hydrogen-bond acceptors (Lipinski definition) is 3. The van der Waals surface area contributed by atoms with E-state index in [0.717, 1.165) is 0 Å². The van der Waals surface area contributed by atoms with Gasteiger partial charge in [-0.1, -0.05) is 23.3 Å². The molecule has 0 spiro atoms. The predicted octanol–water partition coefficient (Wildman–Crippen LogP) is 3.59. The summed E-state index contributed by atoms with van der Waals surface area (Å²) in [6, 6.07) is 7.09. The number of hydrogen-bond donors (Lipinski definition) is 0. The molecule has 0 atom stereocenters. The summed E-state index contributed by atoms with van der Waals surface area (Å²) in [6.45, 7) is 0. The average molecular weight is 289 g/mol. The Morgan fingerprint density at radius 2 is 1.65 bits per heavy atom. The molecule has 0 bridgehead atoms. The van der Waals surface area contributed by atoms with Gasteiger partial charge in [-0.25, -0.2) is 0 Å². The van der Waals surface area contributed by atoms with E-state index >= 15 is 0 Å². The van der Waals surface area contributed by atoms with Crippen molar-refractivity contribution < 1.29 is 15.5 Å². The van der Waals surface area contributed by atoms with Gasteiger partial charge in [0.2, 0.25) is 0 Å². The first-order valence-electron chi connectivity index (χ1n) is 4.16. The molecule has 4 nitrogen and oxygen atoms in total. The Hall–Kier alpha value is -1.35. The van der Waals surface area contributed by atoms with Crippen LogP contribution < -0.4 is 0 Å². The van der Waals surface area contributed by atoms with Gasteiger partial charge in [0, 0.05) is 10.7 Å². The molecule has 0 saturated heterocycles. The number of rotatable bonds is 2. The largest absolute Gasteiger partial charge is 0.296 e. The number of aromatic nitrogens is 4. The number of tetrazole rings is 1. The lowest BCUT2D eigenvalue weighted by molar-refractivity contribution is 0.456. The van der Waals surface area contributed by atoms with Crippen molar-refractivity contribution in [3.8, 4) is 5.69 Å². The Labute approximate surface area is 97.1 Å². The monoisotopic (exact) mass is 288 g/mol. The third-order valence-electron chi connectivity index (χ3n) is 1.79. The van der Waals surface area contributed by atoms with Crippen molar-refractivity contribution >= 4 is 19.7 Å². The van der Waals surface area contributed by atoms with Gasteiger partial charge in [0.25, 0.3) is 14.2 Å². The Morgan fingerprint density at radius 1 is 1.06 bits per heavy atom. The van der Waals surface area contributed by atoms with Crippen molar-refractivity contribution in [2.75, 3.05) is 0 Å². The fraction of sp³-hybridized carbons (Fsp3) is 0. The highest BCUT2D eigenvalue weighted by Crippen LogP contribution is 3.03. The van der Waals surface area contributed by atoms with Crippen LogP contribution in [0.4, 0.5) is 15.5 Å². The Kier molecular flexibility index (Phi) is 2.07. The third-order valence-corrected chi connectivity index (χ3v) is 3.15. The van der Waals surface area contributed by atoms with Crippen LogP contribution in [0.25, 0.3) is 5.69 Å². The van der Waals surface area contributed by atoms with Gasteiger partial charge in [-0.15, -0.1) is 15.5 Å². The molecule has 0 saturated carbocycles. The van der Waals surface area contributed by atoms with Gasteiger partial charge in [-0.2, -0.15) is 4.68 Å². The molecule has 10 heteroatoms. The molecular weight excluding hydrogens is 284 g/mol. The van der Waals surface area contributed by atoms with E-state index in [4.69, 9.17) is 0 Å². The quantitative estimate of drug-likeness (QED) is 0.793. The second kappa shape index (κ2) is 2.91. The molecule has 1 heterocycles. The maximum absolute atomic E-state index is 13.0. The molecule has 0 aliphatic carbocycles. The molecule has 0 unspecified atom stereocenters. The van der Waals surface area contributed by atoms with Crippen LogP contribution in [-0.2, 0) is 0 Å². The fourth-order valence-electron chi connectivity index (χ4n) is 1.15. The standard InChI is InChI=1S/C7H5ClF4N4S/c8-17(9,10,11,12)7-13-14-15-16(7)6-4-2-1-3-5-6/h1-5H. The molecule has 0 aliphatic heterocycles. The molecule has 0 aliphatic rings. The highest BCUT2D eigenvalue weighted by Gasteiger charge is 2.68. The maximum atomic E-state index is 13.0. The van der Waals surface area contributed by atoms with Gasteiger partial charge >= 0.3 is 0 Å². The van der Waals surface area contributed by atoms with Gasteiger partial charge in [-0.3, -0.25) is 0 Å². The molecular formula is C7H5ClF4N4S. The van der Waals surface area contributed by atoms with Gasteiger partial charge < -0.3 is 0 Å². The molecule has 0 fully saturated rings. The van der Waals surface area contributed by atoms with E-state index in [0.29, 0.717) is 0 Å².